The number of ether oxygens (including phenoxy) is 1. The van der Waals surface area contributed by atoms with Crippen LogP contribution in [0.3, 0.4) is 0 Å². The maximum Gasteiger partial charge on any atom is 0.236 e. The summed E-state index contributed by atoms with van der Waals surface area (Å²) >= 11 is 0. The maximum absolute atomic E-state index is 12.3. The molecule has 3 amide bonds. The van der Waals surface area contributed by atoms with Crippen LogP contribution >= 0.6 is 0 Å². The molecule has 61 heavy (non-hydrogen) atoms. The van der Waals surface area contributed by atoms with Gasteiger partial charge in [0.05, 0.1) is 34.2 Å². The molecule has 1 aliphatic carbocycles. The SMILES string of the molecule is CN1C(=O)C(C)(C)c2ccc(-c3cc(C4CC4)no3)cc21.COCc1cc(-c2ccc3c(c2)N(C)C(=O)C3(C)C)on1.Cc1cc(-c2ccc3c(c2)N(C)C(=O)C3(C)C)on1. The topological polar surface area (TPSA) is 148 Å². The number of anilines is 3. The summed E-state index contributed by atoms with van der Waals surface area (Å²) < 4.78 is 21.1. The number of fused-ring (bicyclic) bond motifs is 3. The molecule has 1 saturated carbocycles. The van der Waals surface area contributed by atoms with Gasteiger partial charge in [0.2, 0.25) is 17.7 Å². The van der Waals surface area contributed by atoms with Gasteiger partial charge in [0.15, 0.2) is 17.3 Å². The zero-order valence-corrected chi connectivity index (χ0v) is 36.7. The van der Waals surface area contributed by atoms with Crippen LogP contribution in [0.1, 0.15) is 94.1 Å². The van der Waals surface area contributed by atoms with Crippen molar-refractivity contribution in [2.45, 2.75) is 90.1 Å². The lowest BCUT2D eigenvalue weighted by atomic mass is 9.86. The highest BCUT2D eigenvalue weighted by molar-refractivity contribution is 6.09. The number of nitrogens with zero attached hydrogens (tertiary/aromatic N) is 6. The van der Waals surface area contributed by atoms with E-state index in [-0.39, 0.29) is 17.7 Å². The van der Waals surface area contributed by atoms with E-state index >= 15 is 0 Å². The Labute approximate surface area is 355 Å². The fourth-order valence-electron chi connectivity index (χ4n) is 8.56. The van der Waals surface area contributed by atoms with Crippen molar-refractivity contribution in [2.75, 3.05) is 43.0 Å². The second-order valence-corrected chi connectivity index (χ2v) is 18.0. The van der Waals surface area contributed by atoms with E-state index in [1.165, 1.54) is 12.8 Å². The molecule has 3 aromatic carbocycles. The molecular weight excluding hydrogens is 773 g/mol. The number of methoxy groups -OCH3 is 1. The summed E-state index contributed by atoms with van der Waals surface area (Å²) in [5.41, 5.74) is 10.1. The average Bonchev–Trinajstić information content (AvgIpc) is 3.53. The molecule has 4 aliphatic rings. The third kappa shape index (κ3) is 7.14. The van der Waals surface area contributed by atoms with E-state index in [0.29, 0.717) is 18.3 Å². The van der Waals surface area contributed by atoms with Crippen molar-refractivity contribution in [3.63, 3.8) is 0 Å². The maximum atomic E-state index is 12.3. The smallest absolute Gasteiger partial charge is 0.236 e. The molecule has 10 rings (SSSR count). The number of hydrogen-bond acceptors (Lipinski definition) is 10. The largest absolute Gasteiger partial charge is 0.378 e. The third-order valence-corrected chi connectivity index (χ3v) is 12.5. The number of carbonyl (C=O) groups excluding carboxylic acids is 3. The van der Waals surface area contributed by atoms with Crippen LogP contribution in [0.4, 0.5) is 17.1 Å². The summed E-state index contributed by atoms with van der Waals surface area (Å²) in [5, 5.41) is 12.0. The van der Waals surface area contributed by atoms with Gasteiger partial charge < -0.3 is 33.0 Å². The first-order chi connectivity index (χ1) is 28.8. The molecule has 0 unspecified atom stereocenters. The van der Waals surface area contributed by atoms with Gasteiger partial charge in [-0.05, 0) is 96.2 Å². The minimum atomic E-state index is -0.481. The molecule has 3 aliphatic heterocycles. The lowest BCUT2D eigenvalue weighted by molar-refractivity contribution is -0.122. The minimum absolute atomic E-state index is 0.104. The first-order valence-corrected chi connectivity index (χ1v) is 20.5. The van der Waals surface area contributed by atoms with E-state index in [2.05, 4.69) is 15.5 Å². The third-order valence-electron chi connectivity index (χ3n) is 12.5. The summed E-state index contributed by atoms with van der Waals surface area (Å²) in [6.45, 7) is 14.0. The molecular formula is C48H52N6O7. The van der Waals surface area contributed by atoms with Gasteiger partial charge in [-0.15, -0.1) is 0 Å². The normalized spacial score (nSPS) is 17.8. The molecule has 6 aromatic rings. The molecule has 6 heterocycles. The van der Waals surface area contributed by atoms with Crippen LogP contribution in [-0.2, 0) is 42.0 Å². The van der Waals surface area contributed by atoms with Gasteiger partial charge in [0, 0.05) is 86.1 Å². The molecule has 13 heteroatoms. The van der Waals surface area contributed by atoms with E-state index in [4.69, 9.17) is 18.3 Å². The van der Waals surface area contributed by atoms with E-state index in [1.807, 2.05) is 135 Å². The molecule has 1 fully saturated rings. The zero-order chi connectivity index (χ0) is 43.8. The number of benzene rings is 3. The van der Waals surface area contributed by atoms with Gasteiger partial charge in [-0.25, -0.2) is 0 Å². The highest BCUT2D eigenvalue weighted by Crippen LogP contribution is 2.46. The number of likely N-dealkylation sites (N-methyl/N-ethyl adjacent to an activating group) is 3. The molecule has 0 bridgehead atoms. The highest BCUT2D eigenvalue weighted by Gasteiger charge is 2.44. The molecule has 0 spiro atoms. The Hall–Kier alpha value is -6.34. The Bertz CT molecular complexity index is 2700. The number of aryl methyl sites for hydroxylation is 1. The van der Waals surface area contributed by atoms with Gasteiger partial charge in [0.1, 0.15) is 5.69 Å². The number of amides is 3. The Kier molecular flexibility index (Phi) is 10.2. The lowest BCUT2D eigenvalue weighted by Crippen LogP contribution is -2.33. The Balaban J connectivity index is 0.000000127. The second-order valence-electron chi connectivity index (χ2n) is 18.0. The van der Waals surface area contributed by atoms with Crippen molar-refractivity contribution in [3.8, 4) is 34.0 Å². The number of aromatic nitrogens is 3. The summed E-state index contributed by atoms with van der Waals surface area (Å²) in [4.78, 5) is 42.0. The summed E-state index contributed by atoms with van der Waals surface area (Å²) in [7, 11) is 7.06. The molecule has 0 saturated heterocycles. The first kappa shape index (κ1) is 41.4. The Morgan fingerprint density at radius 2 is 0.967 bits per heavy atom. The highest BCUT2D eigenvalue weighted by atomic mass is 16.5. The number of carbonyl (C=O) groups is 3. The molecule has 0 atom stereocenters. The minimum Gasteiger partial charge on any atom is -0.378 e. The fraction of sp³-hybridized carbons (Fsp3) is 0.375. The van der Waals surface area contributed by atoms with Gasteiger partial charge >= 0.3 is 0 Å². The molecule has 0 N–H and O–H groups in total. The molecule has 0 radical (unpaired) electrons. The van der Waals surface area contributed by atoms with Gasteiger partial charge in [-0.1, -0.05) is 51.9 Å². The van der Waals surface area contributed by atoms with Gasteiger partial charge in [0.25, 0.3) is 0 Å². The molecule has 13 nitrogen and oxygen atoms in total. The van der Waals surface area contributed by atoms with Crippen LogP contribution in [0.15, 0.2) is 86.4 Å². The van der Waals surface area contributed by atoms with Crippen LogP contribution < -0.4 is 14.7 Å². The average molecular weight is 825 g/mol. The van der Waals surface area contributed by atoms with E-state index in [0.717, 1.165) is 79.0 Å². The van der Waals surface area contributed by atoms with E-state index < -0.39 is 16.2 Å². The molecule has 316 valence electrons. The van der Waals surface area contributed by atoms with Crippen LogP contribution in [0, 0.1) is 6.92 Å². The predicted molar refractivity (Wildman–Crippen MR) is 233 cm³/mol. The monoisotopic (exact) mass is 824 g/mol. The van der Waals surface area contributed by atoms with Crippen molar-refractivity contribution in [1.82, 2.24) is 15.5 Å². The second kappa shape index (κ2) is 15.0. The van der Waals surface area contributed by atoms with Gasteiger partial charge in [-0.3, -0.25) is 14.4 Å². The fourth-order valence-corrected chi connectivity index (χ4v) is 8.56. The number of rotatable bonds is 6. The van der Waals surface area contributed by atoms with Crippen LogP contribution in [0.2, 0.25) is 0 Å². The van der Waals surface area contributed by atoms with Gasteiger partial charge in [-0.2, -0.15) is 0 Å². The van der Waals surface area contributed by atoms with Crippen LogP contribution in [0.25, 0.3) is 34.0 Å². The molecule has 3 aromatic heterocycles. The Morgan fingerprint density at radius 3 is 1.36 bits per heavy atom. The van der Waals surface area contributed by atoms with Crippen molar-refractivity contribution < 1.29 is 32.7 Å². The van der Waals surface area contributed by atoms with Crippen LogP contribution in [0.5, 0.6) is 0 Å². The lowest BCUT2D eigenvalue weighted by Gasteiger charge is -2.16. The number of hydrogen-bond donors (Lipinski definition) is 0. The van der Waals surface area contributed by atoms with Crippen molar-refractivity contribution >= 4 is 34.8 Å². The quantitative estimate of drug-likeness (QED) is 0.159. The standard InChI is InChI=1S/C17H18N2O2.C16H18N2O3.C15H16N2O2/c1-17(2)12-7-6-11(8-14(12)19(3)16(17)20)15-9-13(18-21-15)10-4-5-10;1-16(2)12-6-5-10(7-13(12)18(3)15(16)19)14-8-11(9-20-4)17-21-14;1-9-7-13(19-16-9)10-5-6-11-12(8-10)17(4)14(18)15(11,2)3/h6-10H,4-5H2,1-3H3;5-8H,9H2,1-4H3;5-8H,1-4H3. The summed E-state index contributed by atoms with van der Waals surface area (Å²) in [6, 6.07) is 23.7. The summed E-state index contributed by atoms with van der Waals surface area (Å²) in [6.07, 6.45) is 2.42. The van der Waals surface area contributed by atoms with Crippen LogP contribution in [-0.4, -0.2) is 61.4 Å². The van der Waals surface area contributed by atoms with Crippen molar-refractivity contribution in [2.24, 2.45) is 0 Å². The summed E-state index contributed by atoms with van der Waals surface area (Å²) in [5.74, 6) is 3.12. The first-order valence-electron chi connectivity index (χ1n) is 20.5. The zero-order valence-electron chi connectivity index (χ0n) is 36.7. The van der Waals surface area contributed by atoms with E-state index in [1.54, 1.807) is 28.9 Å². The Morgan fingerprint density at radius 1 is 0.574 bits per heavy atom. The van der Waals surface area contributed by atoms with Crippen molar-refractivity contribution in [1.29, 1.82) is 0 Å². The van der Waals surface area contributed by atoms with E-state index in [9.17, 15) is 14.4 Å². The van der Waals surface area contributed by atoms with Crippen molar-refractivity contribution in [3.05, 3.63) is 107 Å². The predicted octanol–water partition coefficient (Wildman–Crippen LogP) is 9.12.